The summed E-state index contributed by atoms with van der Waals surface area (Å²) in [7, 11) is 2.13. The van der Waals surface area contributed by atoms with Gasteiger partial charge in [0.05, 0.1) is 0 Å². The molecule has 0 radical (unpaired) electrons. The summed E-state index contributed by atoms with van der Waals surface area (Å²) >= 11 is 0. The maximum absolute atomic E-state index is 11.9. The van der Waals surface area contributed by atoms with E-state index in [0.717, 1.165) is 19.6 Å². The average molecular weight is 236 g/mol. The predicted octanol–water partition coefficient (Wildman–Crippen LogP) is 0.627. The number of anilines is 1. The lowest BCUT2D eigenvalue weighted by molar-refractivity contribution is 0.399. The van der Waals surface area contributed by atoms with E-state index in [4.69, 9.17) is 0 Å². The molecule has 1 N–H and O–H groups in total. The van der Waals surface area contributed by atoms with Crippen LogP contribution < -0.4 is 10.9 Å². The third-order valence-corrected chi connectivity index (χ3v) is 3.30. The van der Waals surface area contributed by atoms with E-state index >= 15 is 0 Å². The van der Waals surface area contributed by atoms with Crippen LogP contribution in [0, 0.1) is 5.92 Å². The fourth-order valence-corrected chi connectivity index (χ4v) is 2.25. The molecule has 0 bridgehead atoms. The third-order valence-electron chi connectivity index (χ3n) is 3.30. The van der Waals surface area contributed by atoms with Crippen molar-refractivity contribution in [2.45, 2.75) is 19.9 Å². The normalized spacial score (nSPS) is 20.7. The first-order valence-corrected chi connectivity index (χ1v) is 6.18. The Kier molecular flexibility index (Phi) is 3.78. The molecule has 1 aliphatic rings. The van der Waals surface area contributed by atoms with Crippen molar-refractivity contribution in [3.05, 3.63) is 22.7 Å². The number of rotatable bonds is 4. The number of hydrogen-bond donors (Lipinski definition) is 1. The first-order valence-electron chi connectivity index (χ1n) is 6.18. The van der Waals surface area contributed by atoms with Gasteiger partial charge in [-0.05, 0) is 32.9 Å². The molecule has 0 aromatic carbocycles. The van der Waals surface area contributed by atoms with Crippen molar-refractivity contribution in [3.8, 4) is 0 Å². The first kappa shape index (κ1) is 12.1. The van der Waals surface area contributed by atoms with Crippen molar-refractivity contribution in [3.63, 3.8) is 0 Å². The van der Waals surface area contributed by atoms with Crippen LogP contribution in [0.2, 0.25) is 0 Å². The zero-order valence-corrected chi connectivity index (χ0v) is 10.5. The van der Waals surface area contributed by atoms with Crippen LogP contribution in [0.4, 0.5) is 5.82 Å². The number of hydrogen-bond acceptors (Lipinski definition) is 4. The van der Waals surface area contributed by atoms with Crippen LogP contribution in [-0.2, 0) is 6.54 Å². The molecule has 0 spiro atoms. The Labute approximate surface area is 101 Å². The van der Waals surface area contributed by atoms with E-state index < -0.39 is 0 Å². The minimum atomic E-state index is -0.0265. The highest BCUT2D eigenvalue weighted by atomic mass is 16.1. The SMILES string of the molecule is CCn1ccnc(NCC2CCN(C)C2)c1=O. The van der Waals surface area contributed by atoms with Gasteiger partial charge in [-0.25, -0.2) is 4.98 Å². The Hall–Kier alpha value is -1.36. The molecule has 1 aromatic rings. The molecule has 1 fully saturated rings. The Bertz CT molecular complexity index is 429. The molecule has 1 aromatic heterocycles. The Morgan fingerprint density at radius 1 is 1.59 bits per heavy atom. The lowest BCUT2D eigenvalue weighted by Crippen LogP contribution is -2.26. The first-order chi connectivity index (χ1) is 8.20. The minimum absolute atomic E-state index is 0.0265. The lowest BCUT2D eigenvalue weighted by Gasteiger charge is -2.12. The third kappa shape index (κ3) is 2.85. The lowest BCUT2D eigenvalue weighted by atomic mass is 10.1. The topological polar surface area (TPSA) is 50.2 Å². The molecule has 1 saturated heterocycles. The van der Waals surface area contributed by atoms with E-state index in [2.05, 4.69) is 22.2 Å². The van der Waals surface area contributed by atoms with Crippen LogP contribution in [0.1, 0.15) is 13.3 Å². The second kappa shape index (κ2) is 5.31. The summed E-state index contributed by atoms with van der Waals surface area (Å²) in [5.74, 6) is 1.10. The Morgan fingerprint density at radius 3 is 3.06 bits per heavy atom. The molecule has 17 heavy (non-hydrogen) atoms. The molecule has 1 aliphatic heterocycles. The summed E-state index contributed by atoms with van der Waals surface area (Å²) in [6.07, 6.45) is 4.59. The highest BCUT2D eigenvalue weighted by molar-refractivity contribution is 5.30. The molecular weight excluding hydrogens is 216 g/mol. The molecule has 2 rings (SSSR count). The fourth-order valence-electron chi connectivity index (χ4n) is 2.25. The standard InChI is InChI=1S/C12H20N4O/c1-3-16-7-5-13-11(12(16)17)14-8-10-4-6-15(2)9-10/h5,7,10H,3-4,6,8-9H2,1-2H3,(H,13,14). The highest BCUT2D eigenvalue weighted by Gasteiger charge is 2.19. The highest BCUT2D eigenvalue weighted by Crippen LogP contribution is 2.13. The maximum atomic E-state index is 11.9. The summed E-state index contributed by atoms with van der Waals surface area (Å²) in [6, 6.07) is 0. The van der Waals surface area contributed by atoms with Gasteiger partial charge in [0, 0.05) is 32.0 Å². The second-order valence-electron chi connectivity index (χ2n) is 4.66. The zero-order valence-electron chi connectivity index (χ0n) is 10.5. The monoisotopic (exact) mass is 236 g/mol. The number of aryl methyl sites for hydroxylation is 1. The van der Waals surface area contributed by atoms with Gasteiger partial charge >= 0.3 is 0 Å². The van der Waals surface area contributed by atoms with E-state index in [-0.39, 0.29) is 5.56 Å². The number of likely N-dealkylation sites (tertiary alicyclic amines) is 1. The molecule has 1 unspecified atom stereocenters. The van der Waals surface area contributed by atoms with Gasteiger partial charge in [0.2, 0.25) is 0 Å². The number of nitrogens with zero attached hydrogens (tertiary/aromatic N) is 3. The van der Waals surface area contributed by atoms with Crippen molar-refractivity contribution < 1.29 is 0 Å². The van der Waals surface area contributed by atoms with E-state index in [1.807, 2.05) is 6.92 Å². The summed E-state index contributed by atoms with van der Waals surface area (Å²) in [6.45, 7) is 5.72. The van der Waals surface area contributed by atoms with Crippen LogP contribution in [0.3, 0.4) is 0 Å². The van der Waals surface area contributed by atoms with Crippen LogP contribution >= 0.6 is 0 Å². The summed E-state index contributed by atoms with van der Waals surface area (Å²) < 4.78 is 1.66. The predicted molar refractivity (Wildman–Crippen MR) is 68.3 cm³/mol. The molecule has 2 heterocycles. The maximum Gasteiger partial charge on any atom is 0.293 e. The molecule has 5 heteroatoms. The van der Waals surface area contributed by atoms with Gasteiger partial charge in [0.25, 0.3) is 5.56 Å². The number of aromatic nitrogens is 2. The largest absolute Gasteiger partial charge is 0.365 e. The summed E-state index contributed by atoms with van der Waals surface area (Å²) in [5.41, 5.74) is -0.0265. The van der Waals surface area contributed by atoms with Crippen LogP contribution in [0.25, 0.3) is 0 Å². The molecule has 0 aliphatic carbocycles. The van der Waals surface area contributed by atoms with Crippen LogP contribution in [0.5, 0.6) is 0 Å². The van der Waals surface area contributed by atoms with Crippen molar-refractivity contribution in [1.29, 1.82) is 0 Å². The summed E-state index contributed by atoms with van der Waals surface area (Å²) in [4.78, 5) is 18.3. The van der Waals surface area contributed by atoms with Gasteiger partial charge < -0.3 is 14.8 Å². The van der Waals surface area contributed by atoms with Gasteiger partial charge in [0.1, 0.15) is 0 Å². The molecule has 94 valence electrons. The van der Waals surface area contributed by atoms with Gasteiger partial charge in [-0.15, -0.1) is 0 Å². The van der Waals surface area contributed by atoms with E-state index in [1.165, 1.54) is 6.42 Å². The van der Waals surface area contributed by atoms with Crippen molar-refractivity contribution in [1.82, 2.24) is 14.5 Å². The Balaban J connectivity index is 1.97. The van der Waals surface area contributed by atoms with Gasteiger partial charge in [0.15, 0.2) is 5.82 Å². The second-order valence-corrected chi connectivity index (χ2v) is 4.66. The van der Waals surface area contributed by atoms with Gasteiger partial charge in [-0.2, -0.15) is 0 Å². The molecule has 0 saturated carbocycles. The van der Waals surface area contributed by atoms with Crippen molar-refractivity contribution >= 4 is 5.82 Å². The summed E-state index contributed by atoms with van der Waals surface area (Å²) in [5, 5.41) is 3.18. The van der Waals surface area contributed by atoms with Gasteiger partial charge in [-0.3, -0.25) is 4.79 Å². The molecule has 1 atom stereocenters. The zero-order chi connectivity index (χ0) is 12.3. The average Bonchev–Trinajstić information content (AvgIpc) is 2.74. The van der Waals surface area contributed by atoms with E-state index in [1.54, 1.807) is 17.0 Å². The van der Waals surface area contributed by atoms with E-state index in [9.17, 15) is 4.79 Å². The molecule has 0 amide bonds. The van der Waals surface area contributed by atoms with Crippen LogP contribution in [0.15, 0.2) is 17.2 Å². The van der Waals surface area contributed by atoms with Crippen molar-refractivity contribution in [2.24, 2.45) is 5.92 Å². The van der Waals surface area contributed by atoms with E-state index in [0.29, 0.717) is 18.3 Å². The molecular formula is C12H20N4O. The Morgan fingerprint density at radius 2 is 2.41 bits per heavy atom. The quantitative estimate of drug-likeness (QED) is 0.833. The fraction of sp³-hybridized carbons (Fsp3) is 0.667. The smallest absolute Gasteiger partial charge is 0.293 e. The molecule has 5 nitrogen and oxygen atoms in total. The van der Waals surface area contributed by atoms with Crippen LogP contribution in [-0.4, -0.2) is 41.1 Å². The minimum Gasteiger partial charge on any atom is -0.365 e. The number of nitrogens with one attached hydrogen (secondary N) is 1. The van der Waals surface area contributed by atoms with Crippen molar-refractivity contribution in [2.75, 3.05) is 32.0 Å². The van der Waals surface area contributed by atoms with Gasteiger partial charge in [-0.1, -0.05) is 0 Å².